The molecule has 0 heterocycles. The average Bonchev–Trinajstić information content (AvgIpc) is 2.72. The summed E-state index contributed by atoms with van der Waals surface area (Å²) in [5.41, 5.74) is 1.81. The zero-order valence-corrected chi connectivity index (χ0v) is 19.2. The fraction of sp³-hybridized carbons (Fsp3) is 0.333. The van der Waals surface area contributed by atoms with Crippen molar-refractivity contribution in [2.45, 2.75) is 19.0 Å². The summed E-state index contributed by atoms with van der Waals surface area (Å²) in [5.74, 6) is 0.486. The number of hydrogen-bond donors (Lipinski definition) is 3. The smallest absolute Gasteiger partial charge is 0.356 e. The van der Waals surface area contributed by atoms with Crippen LogP contribution in [0.1, 0.15) is 27.0 Å². The van der Waals surface area contributed by atoms with Gasteiger partial charge in [-0.1, -0.05) is 24.3 Å². The summed E-state index contributed by atoms with van der Waals surface area (Å²) in [5, 5.41) is 8.93. The zero-order valence-electron chi connectivity index (χ0n) is 16.8. The van der Waals surface area contributed by atoms with Crippen molar-refractivity contribution in [1.82, 2.24) is 16.0 Å². The van der Waals surface area contributed by atoms with Crippen LogP contribution in [0.3, 0.4) is 0 Å². The normalized spacial score (nSPS) is 11.4. The highest BCUT2D eigenvalue weighted by atomic mass is 127. The summed E-state index contributed by atoms with van der Waals surface area (Å²) >= 11 is 0. The largest absolute Gasteiger partial charge is 0.416 e. The molecule has 3 N–H and O–H groups in total. The van der Waals surface area contributed by atoms with Crippen molar-refractivity contribution in [1.29, 1.82) is 0 Å². The van der Waals surface area contributed by atoms with Gasteiger partial charge in [-0.15, -0.1) is 24.0 Å². The van der Waals surface area contributed by atoms with E-state index in [-0.39, 0.29) is 29.9 Å². The molecule has 0 saturated heterocycles. The van der Waals surface area contributed by atoms with Crippen LogP contribution in [0.4, 0.5) is 13.2 Å². The summed E-state index contributed by atoms with van der Waals surface area (Å²) in [6.07, 6.45) is -3.03. The Balaban J connectivity index is 0.00000450. The van der Waals surface area contributed by atoms with Gasteiger partial charge >= 0.3 is 6.18 Å². The minimum atomic E-state index is -4.32. The fourth-order valence-electron chi connectivity index (χ4n) is 2.74. The Morgan fingerprint density at radius 1 is 0.967 bits per heavy atom. The first kappa shape index (κ1) is 25.7. The Kier molecular flexibility index (Phi) is 10.6. The summed E-state index contributed by atoms with van der Waals surface area (Å²) < 4.78 is 37.8. The fourth-order valence-corrected chi connectivity index (χ4v) is 2.74. The van der Waals surface area contributed by atoms with Crippen molar-refractivity contribution in [2.75, 3.05) is 27.2 Å². The Bertz CT molecular complexity index is 839. The molecule has 0 atom stereocenters. The van der Waals surface area contributed by atoms with Crippen LogP contribution in [0, 0.1) is 0 Å². The van der Waals surface area contributed by atoms with Crippen molar-refractivity contribution in [3.8, 4) is 0 Å². The van der Waals surface area contributed by atoms with E-state index in [4.69, 9.17) is 0 Å². The van der Waals surface area contributed by atoms with Crippen LogP contribution in [-0.4, -0.2) is 39.1 Å². The predicted octanol–water partition coefficient (Wildman–Crippen LogP) is 3.63. The van der Waals surface area contributed by atoms with Gasteiger partial charge in [-0.2, -0.15) is 13.2 Å². The lowest BCUT2D eigenvalue weighted by Crippen LogP contribution is -2.39. The van der Waals surface area contributed by atoms with Gasteiger partial charge in [0.05, 0.1) is 5.56 Å². The van der Waals surface area contributed by atoms with Crippen molar-refractivity contribution >= 4 is 35.8 Å². The van der Waals surface area contributed by atoms with Crippen LogP contribution in [0.25, 0.3) is 0 Å². The van der Waals surface area contributed by atoms with Gasteiger partial charge in [0.15, 0.2) is 5.96 Å². The molecular weight excluding hydrogens is 508 g/mol. The number of aliphatic imine (C=N–C) groups is 1. The van der Waals surface area contributed by atoms with Crippen molar-refractivity contribution in [2.24, 2.45) is 4.99 Å². The van der Waals surface area contributed by atoms with Gasteiger partial charge in [0, 0.05) is 32.7 Å². The van der Waals surface area contributed by atoms with Crippen LogP contribution in [0.5, 0.6) is 0 Å². The molecule has 0 aliphatic carbocycles. The molecule has 1 amide bonds. The van der Waals surface area contributed by atoms with Gasteiger partial charge in [0.25, 0.3) is 5.91 Å². The highest BCUT2D eigenvalue weighted by Gasteiger charge is 2.29. The second kappa shape index (κ2) is 12.4. The van der Waals surface area contributed by atoms with E-state index in [0.29, 0.717) is 37.5 Å². The molecule has 9 heteroatoms. The zero-order chi connectivity index (χ0) is 21.3. The van der Waals surface area contributed by atoms with E-state index in [0.717, 1.165) is 23.3 Å². The predicted molar refractivity (Wildman–Crippen MR) is 123 cm³/mol. The van der Waals surface area contributed by atoms with E-state index in [2.05, 4.69) is 20.9 Å². The maximum Gasteiger partial charge on any atom is 0.416 e. The van der Waals surface area contributed by atoms with Gasteiger partial charge in [-0.05, 0) is 48.2 Å². The van der Waals surface area contributed by atoms with Gasteiger partial charge < -0.3 is 16.0 Å². The van der Waals surface area contributed by atoms with Crippen LogP contribution in [0.2, 0.25) is 0 Å². The molecule has 0 saturated carbocycles. The Morgan fingerprint density at radius 3 is 2.10 bits per heavy atom. The third-order valence-electron chi connectivity index (χ3n) is 4.33. The first-order valence-corrected chi connectivity index (χ1v) is 9.25. The molecule has 0 fully saturated rings. The highest BCUT2D eigenvalue weighted by Crippen LogP contribution is 2.29. The average molecular weight is 534 g/mol. The van der Waals surface area contributed by atoms with E-state index in [1.165, 1.54) is 12.1 Å². The SMILES string of the molecule is CN=C(NCCc1ccc(C(F)(F)F)cc1)NCCc1cccc(C(=O)NC)c1.I. The minimum absolute atomic E-state index is 0. The number of amides is 1. The van der Waals surface area contributed by atoms with E-state index in [1.807, 2.05) is 18.2 Å². The number of nitrogens with one attached hydrogen (secondary N) is 3. The maximum absolute atomic E-state index is 12.6. The van der Waals surface area contributed by atoms with Gasteiger partial charge in [0.2, 0.25) is 0 Å². The minimum Gasteiger partial charge on any atom is -0.356 e. The molecule has 0 aromatic heterocycles. The third-order valence-corrected chi connectivity index (χ3v) is 4.33. The molecule has 0 spiro atoms. The third kappa shape index (κ3) is 8.21. The Labute approximate surface area is 191 Å². The molecule has 0 bridgehead atoms. The number of nitrogens with zero attached hydrogens (tertiary/aromatic N) is 1. The summed E-state index contributed by atoms with van der Waals surface area (Å²) in [7, 11) is 3.25. The van der Waals surface area contributed by atoms with Crippen molar-refractivity contribution in [3.05, 3.63) is 70.8 Å². The van der Waals surface area contributed by atoms with Gasteiger partial charge in [-0.3, -0.25) is 9.79 Å². The number of hydrogen-bond acceptors (Lipinski definition) is 2. The molecule has 2 aromatic rings. The number of rotatable bonds is 7. The summed E-state index contributed by atoms with van der Waals surface area (Å²) in [4.78, 5) is 15.8. The monoisotopic (exact) mass is 534 g/mol. The molecule has 30 heavy (non-hydrogen) atoms. The van der Waals surface area contributed by atoms with Gasteiger partial charge in [-0.25, -0.2) is 0 Å². The molecule has 5 nitrogen and oxygen atoms in total. The topological polar surface area (TPSA) is 65.5 Å². The van der Waals surface area contributed by atoms with Gasteiger partial charge in [0.1, 0.15) is 0 Å². The van der Waals surface area contributed by atoms with E-state index < -0.39 is 11.7 Å². The van der Waals surface area contributed by atoms with Crippen molar-refractivity contribution < 1.29 is 18.0 Å². The molecular formula is C21H26F3IN4O. The number of halogens is 4. The van der Waals surface area contributed by atoms with Crippen LogP contribution < -0.4 is 16.0 Å². The molecule has 0 radical (unpaired) electrons. The van der Waals surface area contributed by atoms with Crippen LogP contribution in [0.15, 0.2) is 53.5 Å². The van der Waals surface area contributed by atoms with Crippen LogP contribution in [-0.2, 0) is 19.0 Å². The standard InChI is InChI=1S/C21H25F3N4O.HI/c1-25-19(29)17-5-3-4-16(14-17)11-13-28-20(26-2)27-12-10-15-6-8-18(9-7-15)21(22,23)24;/h3-9,14H,10-13H2,1-2H3,(H,25,29)(H2,26,27,28);1H. The quantitative estimate of drug-likeness (QED) is 0.289. The lowest BCUT2D eigenvalue weighted by Gasteiger charge is -2.12. The maximum atomic E-state index is 12.6. The Morgan fingerprint density at radius 2 is 1.57 bits per heavy atom. The lowest BCUT2D eigenvalue weighted by molar-refractivity contribution is -0.137. The van der Waals surface area contributed by atoms with Crippen molar-refractivity contribution in [3.63, 3.8) is 0 Å². The molecule has 0 aliphatic rings. The van der Waals surface area contributed by atoms with Crippen LogP contribution >= 0.6 is 24.0 Å². The number of benzene rings is 2. The second-order valence-electron chi connectivity index (χ2n) is 6.40. The van der Waals surface area contributed by atoms with E-state index >= 15 is 0 Å². The highest BCUT2D eigenvalue weighted by molar-refractivity contribution is 14.0. The lowest BCUT2D eigenvalue weighted by atomic mass is 10.1. The Hall–Kier alpha value is -2.30. The number of alkyl halides is 3. The van der Waals surface area contributed by atoms with E-state index in [9.17, 15) is 18.0 Å². The number of carbonyl (C=O) groups is 1. The summed E-state index contributed by atoms with van der Waals surface area (Å²) in [6, 6.07) is 12.6. The summed E-state index contributed by atoms with van der Waals surface area (Å²) in [6.45, 7) is 1.16. The van der Waals surface area contributed by atoms with E-state index in [1.54, 1.807) is 20.2 Å². The first-order valence-electron chi connectivity index (χ1n) is 9.25. The molecule has 164 valence electrons. The number of carbonyl (C=O) groups excluding carboxylic acids is 1. The second-order valence-corrected chi connectivity index (χ2v) is 6.40. The molecule has 0 aliphatic heterocycles. The molecule has 2 rings (SSSR count). The number of guanidine groups is 1. The first-order chi connectivity index (χ1) is 13.8. The molecule has 2 aromatic carbocycles. The molecule has 0 unspecified atom stereocenters.